The Kier molecular flexibility index (Phi) is 4.15. The lowest BCUT2D eigenvalue weighted by molar-refractivity contribution is 0.228. The molecular formula is C14H22N2O. The molecule has 1 fully saturated rings. The summed E-state index contributed by atoms with van der Waals surface area (Å²) in [5, 5.41) is 9.00. The molecule has 0 bridgehead atoms. The summed E-state index contributed by atoms with van der Waals surface area (Å²) >= 11 is 0. The Morgan fingerprint density at radius 2 is 1.94 bits per heavy atom. The van der Waals surface area contributed by atoms with E-state index in [1.165, 1.54) is 12.0 Å². The zero-order chi connectivity index (χ0) is 12.3. The zero-order valence-corrected chi connectivity index (χ0v) is 10.5. The minimum atomic E-state index is 0.118. The Morgan fingerprint density at radius 1 is 1.29 bits per heavy atom. The molecule has 1 aliphatic heterocycles. The van der Waals surface area contributed by atoms with E-state index in [9.17, 15) is 0 Å². The molecule has 3 N–H and O–H groups in total. The van der Waals surface area contributed by atoms with Crippen molar-refractivity contribution < 1.29 is 5.11 Å². The first kappa shape index (κ1) is 12.6. The smallest absolute Gasteiger partial charge is 0.0681 e. The number of nitrogens with zero attached hydrogens (tertiary/aromatic N) is 1. The number of hydrogen-bond acceptors (Lipinski definition) is 3. The fraction of sp³-hybridized carbons (Fsp3) is 0.571. The van der Waals surface area contributed by atoms with E-state index in [1.807, 2.05) is 12.1 Å². The molecule has 1 aromatic carbocycles. The van der Waals surface area contributed by atoms with Crippen LogP contribution in [-0.2, 0) is 13.2 Å². The summed E-state index contributed by atoms with van der Waals surface area (Å²) in [6.45, 7) is 5.26. The first-order valence-electron chi connectivity index (χ1n) is 6.37. The number of rotatable bonds is 4. The third-order valence-corrected chi connectivity index (χ3v) is 3.83. The third kappa shape index (κ3) is 2.86. The van der Waals surface area contributed by atoms with Crippen molar-refractivity contribution in [2.24, 2.45) is 11.7 Å². The summed E-state index contributed by atoms with van der Waals surface area (Å²) in [5.41, 5.74) is 8.11. The maximum absolute atomic E-state index is 9.00. The topological polar surface area (TPSA) is 49.5 Å². The van der Waals surface area contributed by atoms with E-state index in [4.69, 9.17) is 10.8 Å². The molecule has 2 unspecified atom stereocenters. The van der Waals surface area contributed by atoms with E-state index >= 15 is 0 Å². The second-order valence-electron chi connectivity index (χ2n) is 5.01. The Balaban J connectivity index is 2.00. The standard InChI is InChI=1S/C14H22N2O/c1-11-6-7-16(14(11)8-15)9-12-2-4-13(10-17)5-3-12/h2-5,11,14,17H,6-10,15H2,1H3. The summed E-state index contributed by atoms with van der Waals surface area (Å²) < 4.78 is 0. The minimum absolute atomic E-state index is 0.118. The lowest BCUT2D eigenvalue weighted by Crippen LogP contribution is -2.37. The van der Waals surface area contributed by atoms with Crippen LogP contribution < -0.4 is 5.73 Å². The van der Waals surface area contributed by atoms with Gasteiger partial charge in [0.2, 0.25) is 0 Å². The van der Waals surface area contributed by atoms with Crippen molar-refractivity contribution in [1.29, 1.82) is 0 Å². The molecule has 0 saturated carbocycles. The van der Waals surface area contributed by atoms with Gasteiger partial charge in [-0.3, -0.25) is 4.90 Å². The molecule has 1 saturated heterocycles. The van der Waals surface area contributed by atoms with E-state index in [1.54, 1.807) is 0 Å². The number of benzene rings is 1. The van der Waals surface area contributed by atoms with Crippen LogP contribution in [0.1, 0.15) is 24.5 Å². The fourth-order valence-electron chi connectivity index (χ4n) is 2.65. The van der Waals surface area contributed by atoms with Crippen LogP contribution in [0.3, 0.4) is 0 Å². The molecule has 0 aromatic heterocycles. The first-order valence-corrected chi connectivity index (χ1v) is 6.37. The maximum Gasteiger partial charge on any atom is 0.0681 e. The van der Waals surface area contributed by atoms with Gasteiger partial charge in [0.15, 0.2) is 0 Å². The molecule has 1 aromatic rings. The van der Waals surface area contributed by atoms with Gasteiger partial charge < -0.3 is 10.8 Å². The van der Waals surface area contributed by atoms with Gasteiger partial charge in [-0.1, -0.05) is 31.2 Å². The van der Waals surface area contributed by atoms with Crippen LogP contribution in [0.2, 0.25) is 0 Å². The highest BCUT2D eigenvalue weighted by molar-refractivity contribution is 5.22. The maximum atomic E-state index is 9.00. The SMILES string of the molecule is CC1CCN(Cc2ccc(CO)cc2)C1CN. The molecule has 3 heteroatoms. The van der Waals surface area contributed by atoms with Crippen LogP contribution in [0.15, 0.2) is 24.3 Å². The monoisotopic (exact) mass is 234 g/mol. The molecule has 0 radical (unpaired) electrons. The highest BCUT2D eigenvalue weighted by atomic mass is 16.3. The van der Waals surface area contributed by atoms with Crippen molar-refractivity contribution >= 4 is 0 Å². The Labute approximate surface area is 103 Å². The van der Waals surface area contributed by atoms with E-state index in [-0.39, 0.29) is 6.61 Å². The van der Waals surface area contributed by atoms with Crippen molar-refractivity contribution in [3.63, 3.8) is 0 Å². The predicted octanol–water partition coefficient (Wildman–Crippen LogP) is 1.35. The van der Waals surface area contributed by atoms with Crippen molar-refractivity contribution in [3.05, 3.63) is 35.4 Å². The van der Waals surface area contributed by atoms with Crippen LogP contribution >= 0.6 is 0 Å². The largest absolute Gasteiger partial charge is 0.392 e. The molecule has 2 atom stereocenters. The summed E-state index contributed by atoms with van der Waals surface area (Å²) in [6, 6.07) is 8.70. The van der Waals surface area contributed by atoms with Crippen molar-refractivity contribution in [2.45, 2.75) is 32.5 Å². The molecular weight excluding hydrogens is 212 g/mol. The lowest BCUT2D eigenvalue weighted by atomic mass is 10.0. The van der Waals surface area contributed by atoms with Gasteiger partial charge in [0, 0.05) is 19.1 Å². The zero-order valence-electron chi connectivity index (χ0n) is 10.5. The Hall–Kier alpha value is -0.900. The summed E-state index contributed by atoms with van der Waals surface area (Å²) in [4.78, 5) is 2.47. The van der Waals surface area contributed by atoms with Gasteiger partial charge in [0.1, 0.15) is 0 Å². The van der Waals surface area contributed by atoms with E-state index < -0.39 is 0 Å². The number of hydrogen-bond donors (Lipinski definition) is 2. The quantitative estimate of drug-likeness (QED) is 0.826. The van der Waals surface area contributed by atoms with Crippen LogP contribution in [0.5, 0.6) is 0 Å². The van der Waals surface area contributed by atoms with Crippen molar-refractivity contribution in [2.75, 3.05) is 13.1 Å². The number of nitrogens with two attached hydrogens (primary N) is 1. The van der Waals surface area contributed by atoms with Gasteiger partial charge in [0.25, 0.3) is 0 Å². The first-order chi connectivity index (χ1) is 8.24. The normalized spacial score (nSPS) is 25.4. The Bertz CT molecular complexity index is 350. The van der Waals surface area contributed by atoms with Gasteiger partial charge in [0.05, 0.1) is 6.61 Å². The van der Waals surface area contributed by atoms with Gasteiger partial charge in [-0.15, -0.1) is 0 Å². The summed E-state index contributed by atoms with van der Waals surface area (Å²) in [7, 11) is 0. The average molecular weight is 234 g/mol. The fourth-order valence-corrected chi connectivity index (χ4v) is 2.65. The number of aliphatic hydroxyl groups excluding tert-OH is 1. The van der Waals surface area contributed by atoms with Gasteiger partial charge in [-0.2, -0.15) is 0 Å². The van der Waals surface area contributed by atoms with E-state index in [0.29, 0.717) is 12.0 Å². The molecule has 17 heavy (non-hydrogen) atoms. The van der Waals surface area contributed by atoms with Crippen molar-refractivity contribution in [1.82, 2.24) is 4.90 Å². The summed E-state index contributed by atoms with van der Waals surface area (Å²) in [6.07, 6.45) is 1.25. The van der Waals surface area contributed by atoms with Gasteiger partial charge >= 0.3 is 0 Å². The molecule has 0 amide bonds. The average Bonchev–Trinajstić information content (AvgIpc) is 2.71. The second-order valence-corrected chi connectivity index (χ2v) is 5.01. The summed E-state index contributed by atoms with van der Waals surface area (Å²) in [5.74, 6) is 0.705. The number of likely N-dealkylation sites (tertiary alicyclic amines) is 1. The molecule has 0 spiro atoms. The molecule has 1 heterocycles. The molecule has 2 rings (SSSR count). The Morgan fingerprint density at radius 3 is 2.53 bits per heavy atom. The van der Waals surface area contributed by atoms with Gasteiger partial charge in [-0.05, 0) is 30.0 Å². The predicted molar refractivity (Wildman–Crippen MR) is 69.4 cm³/mol. The highest BCUT2D eigenvalue weighted by Gasteiger charge is 2.29. The van der Waals surface area contributed by atoms with Crippen LogP contribution in [0, 0.1) is 5.92 Å². The highest BCUT2D eigenvalue weighted by Crippen LogP contribution is 2.24. The van der Waals surface area contributed by atoms with Crippen molar-refractivity contribution in [3.8, 4) is 0 Å². The third-order valence-electron chi connectivity index (χ3n) is 3.83. The number of aliphatic hydroxyl groups is 1. The van der Waals surface area contributed by atoms with Crippen LogP contribution in [-0.4, -0.2) is 29.1 Å². The molecule has 94 valence electrons. The lowest BCUT2D eigenvalue weighted by Gasteiger charge is -2.25. The van der Waals surface area contributed by atoms with E-state index in [2.05, 4.69) is 24.0 Å². The second kappa shape index (κ2) is 5.63. The van der Waals surface area contributed by atoms with Crippen LogP contribution in [0.4, 0.5) is 0 Å². The minimum Gasteiger partial charge on any atom is -0.392 e. The molecule has 3 nitrogen and oxygen atoms in total. The van der Waals surface area contributed by atoms with Crippen LogP contribution in [0.25, 0.3) is 0 Å². The van der Waals surface area contributed by atoms with Gasteiger partial charge in [-0.25, -0.2) is 0 Å². The molecule has 0 aliphatic carbocycles. The van der Waals surface area contributed by atoms with E-state index in [0.717, 1.165) is 25.2 Å². The molecule has 1 aliphatic rings.